The fourth-order valence-electron chi connectivity index (χ4n) is 4.87. The van der Waals surface area contributed by atoms with E-state index in [4.69, 9.17) is 0 Å². The lowest BCUT2D eigenvalue weighted by Crippen LogP contribution is -2.48. The van der Waals surface area contributed by atoms with E-state index < -0.39 is 0 Å². The zero-order valence-corrected chi connectivity index (χ0v) is 15.9. The number of rotatable bonds is 3. The highest BCUT2D eigenvalue weighted by Crippen LogP contribution is 2.38. The monoisotopic (exact) mass is 381 g/mol. The maximum atomic E-state index is 12.7. The first-order valence-electron chi connectivity index (χ1n) is 9.71. The van der Waals surface area contributed by atoms with Gasteiger partial charge in [-0.2, -0.15) is 0 Å². The maximum absolute atomic E-state index is 12.7. The van der Waals surface area contributed by atoms with Crippen molar-refractivity contribution in [2.45, 2.75) is 44.2 Å². The molecule has 6 heteroatoms. The van der Waals surface area contributed by atoms with Gasteiger partial charge in [-0.15, -0.1) is 11.3 Å². The molecule has 27 heavy (non-hydrogen) atoms. The van der Waals surface area contributed by atoms with Crippen LogP contribution in [0.2, 0.25) is 0 Å². The van der Waals surface area contributed by atoms with Gasteiger partial charge in [-0.1, -0.05) is 12.1 Å². The van der Waals surface area contributed by atoms with Crippen LogP contribution in [0.4, 0.5) is 10.5 Å². The van der Waals surface area contributed by atoms with Crippen molar-refractivity contribution in [3.05, 3.63) is 51.7 Å². The average molecular weight is 382 g/mol. The van der Waals surface area contributed by atoms with Crippen LogP contribution in [-0.2, 0) is 12.8 Å². The number of urea groups is 1. The molecule has 2 heterocycles. The minimum absolute atomic E-state index is 0.0107. The van der Waals surface area contributed by atoms with Gasteiger partial charge in [-0.3, -0.25) is 4.79 Å². The Morgan fingerprint density at radius 3 is 2.78 bits per heavy atom. The third-order valence-electron chi connectivity index (χ3n) is 6.21. The standard InChI is InChI=1S/C21H23N3O2S/c25-20(19-5-2-8-27-19)23-18-11-17-10-15(18)12-24(17)21(26)22-16-7-6-13-3-1-4-14(13)9-16/h2,5-9,15,17-18H,1,3-4,10-12H2,(H,22,26)(H,23,25)/t15-,17-,18-/m0/s1. The summed E-state index contributed by atoms with van der Waals surface area (Å²) in [5, 5.41) is 8.16. The molecule has 2 bridgehead atoms. The minimum Gasteiger partial charge on any atom is -0.348 e. The lowest BCUT2D eigenvalue weighted by Gasteiger charge is -2.32. The summed E-state index contributed by atoms with van der Waals surface area (Å²) in [6.45, 7) is 0.719. The highest BCUT2D eigenvalue weighted by Gasteiger charge is 2.47. The van der Waals surface area contributed by atoms with E-state index in [0.717, 1.165) is 42.8 Å². The molecule has 2 aromatic rings. The summed E-state index contributed by atoms with van der Waals surface area (Å²) in [6.07, 6.45) is 5.30. The number of nitrogens with one attached hydrogen (secondary N) is 2. The number of fused-ring (bicyclic) bond motifs is 3. The number of hydrogen-bond donors (Lipinski definition) is 2. The summed E-state index contributed by atoms with van der Waals surface area (Å²) in [5.41, 5.74) is 3.68. The number of hydrogen-bond acceptors (Lipinski definition) is 3. The summed E-state index contributed by atoms with van der Waals surface area (Å²) >= 11 is 1.46. The summed E-state index contributed by atoms with van der Waals surface area (Å²) < 4.78 is 0. The molecular formula is C21H23N3O2S. The molecule has 0 unspecified atom stereocenters. The molecule has 3 atom stereocenters. The third kappa shape index (κ3) is 3.12. The molecule has 1 aromatic heterocycles. The highest BCUT2D eigenvalue weighted by molar-refractivity contribution is 7.12. The van der Waals surface area contributed by atoms with Crippen molar-refractivity contribution in [2.24, 2.45) is 5.92 Å². The van der Waals surface area contributed by atoms with Gasteiger partial charge >= 0.3 is 6.03 Å². The molecule has 5 rings (SSSR count). The normalized spacial score (nSPS) is 25.5. The molecule has 0 radical (unpaired) electrons. The molecule has 5 nitrogen and oxygen atoms in total. The van der Waals surface area contributed by atoms with E-state index >= 15 is 0 Å². The molecule has 2 aliphatic carbocycles. The molecule has 0 spiro atoms. The topological polar surface area (TPSA) is 61.4 Å². The fourth-order valence-corrected chi connectivity index (χ4v) is 5.50. The molecule has 1 aromatic carbocycles. The zero-order chi connectivity index (χ0) is 18.4. The molecule has 1 saturated carbocycles. The highest BCUT2D eigenvalue weighted by atomic mass is 32.1. The predicted molar refractivity (Wildman–Crippen MR) is 106 cm³/mol. The SMILES string of the molecule is O=C(N[C@H]1C[C@@H]2C[C@H]1CN2C(=O)Nc1ccc2c(c1)CCC2)c1cccs1. The van der Waals surface area contributed by atoms with Gasteiger partial charge in [0.25, 0.3) is 5.91 Å². The summed E-state index contributed by atoms with van der Waals surface area (Å²) in [6, 6.07) is 10.4. The molecule has 2 N–H and O–H groups in total. The Balaban J connectivity index is 1.19. The lowest BCUT2D eigenvalue weighted by molar-refractivity contribution is 0.0919. The number of amides is 3. The van der Waals surface area contributed by atoms with E-state index in [2.05, 4.69) is 22.8 Å². The van der Waals surface area contributed by atoms with E-state index in [1.807, 2.05) is 28.5 Å². The van der Waals surface area contributed by atoms with Gasteiger partial charge in [0.15, 0.2) is 0 Å². The Bertz CT molecular complexity index is 880. The van der Waals surface area contributed by atoms with Crippen molar-refractivity contribution in [2.75, 3.05) is 11.9 Å². The van der Waals surface area contributed by atoms with Crippen LogP contribution in [0.15, 0.2) is 35.7 Å². The van der Waals surface area contributed by atoms with Crippen LogP contribution in [0.5, 0.6) is 0 Å². The summed E-state index contributed by atoms with van der Waals surface area (Å²) in [7, 11) is 0. The second kappa shape index (κ2) is 6.68. The Labute approximate surface area is 162 Å². The minimum atomic E-state index is -0.0107. The van der Waals surface area contributed by atoms with Crippen LogP contribution >= 0.6 is 11.3 Å². The van der Waals surface area contributed by atoms with Gasteiger partial charge in [-0.05, 0) is 72.7 Å². The van der Waals surface area contributed by atoms with Crippen molar-refractivity contribution in [3.63, 3.8) is 0 Å². The zero-order valence-electron chi connectivity index (χ0n) is 15.1. The van der Waals surface area contributed by atoms with Gasteiger partial charge in [-0.25, -0.2) is 4.79 Å². The smallest absolute Gasteiger partial charge is 0.322 e. The van der Waals surface area contributed by atoms with Crippen molar-refractivity contribution in [3.8, 4) is 0 Å². The molecular weight excluding hydrogens is 358 g/mol. The number of piperidine rings is 1. The first-order chi connectivity index (χ1) is 13.2. The van der Waals surface area contributed by atoms with Crippen LogP contribution < -0.4 is 10.6 Å². The predicted octanol–water partition coefficient (Wildman–Crippen LogP) is 3.66. The molecule has 3 aliphatic rings. The summed E-state index contributed by atoms with van der Waals surface area (Å²) in [5.74, 6) is 0.362. The molecule has 1 saturated heterocycles. The first kappa shape index (κ1) is 16.8. The number of anilines is 1. The van der Waals surface area contributed by atoms with Crippen LogP contribution in [0.25, 0.3) is 0 Å². The first-order valence-corrected chi connectivity index (χ1v) is 10.6. The second-order valence-corrected chi connectivity index (χ2v) is 8.81. The second-order valence-electron chi connectivity index (χ2n) is 7.86. The Morgan fingerprint density at radius 1 is 1.11 bits per heavy atom. The molecule has 140 valence electrons. The number of carbonyl (C=O) groups is 2. The number of likely N-dealkylation sites (tertiary alicyclic amines) is 1. The van der Waals surface area contributed by atoms with Crippen LogP contribution in [0.3, 0.4) is 0 Å². The quantitative estimate of drug-likeness (QED) is 0.852. The Kier molecular flexibility index (Phi) is 4.16. The van der Waals surface area contributed by atoms with Crippen LogP contribution in [-0.4, -0.2) is 35.5 Å². The molecule has 1 aliphatic heterocycles. The molecule has 3 amide bonds. The number of carbonyl (C=O) groups excluding carboxylic acids is 2. The van der Waals surface area contributed by atoms with Crippen molar-refractivity contribution in [1.82, 2.24) is 10.2 Å². The number of aryl methyl sites for hydroxylation is 2. The fraction of sp³-hybridized carbons (Fsp3) is 0.429. The maximum Gasteiger partial charge on any atom is 0.322 e. The van der Waals surface area contributed by atoms with Gasteiger partial charge in [0.05, 0.1) is 4.88 Å². The van der Waals surface area contributed by atoms with Gasteiger partial charge in [0, 0.05) is 24.3 Å². The van der Waals surface area contributed by atoms with Crippen molar-refractivity contribution < 1.29 is 9.59 Å². The van der Waals surface area contributed by atoms with Gasteiger partial charge < -0.3 is 15.5 Å². The van der Waals surface area contributed by atoms with Crippen LogP contribution in [0.1, 0.15) is 40.1 Å². The van der Waals surface area contributed by atoms with E-state index in [1.165, 1.54) is 28.9 Å². The van der Waals surface area contributed by atoms with Gasteiger partial charge in [0.2, 0.25) is 0 Å². The summed E-state index contributed by atoms with van der Waals surface area (Å²) in [4.78, 5) is 27.7. The third-order valence-corrected chi connectivity index (χ3v) is 7.08. The van der Waals surface area contributed by atoms with Crippen molar-refractivity contribution in [1.29, 1.82) is 0 Å². The van der Waals surface area contributed by atoms with E-state index in [0.29, 0.717) is 5.92 Å². The Morgan fingerprint density at radius 2 is 2.00 bits per heavy atom. The largest absolute Gasteiger partial charge is 0.348 e. The van der Waals surface area contributed by atoms with E-state index in [-0.39, 0.29) is 24.0 Å². The molecule has 2 fully saturated rings. The number of nitrogens with zero attached hydrogens (tertiary/aromatic N) is 1. The number of benzene rings is 1. The van der Waals surface area contributed by atoms with Crippen LogP contribution in [0, 0.1) is 5.92 Å². The lowest BCUT2D eigenvalue weighted by atomic mass is 10.0. The number of thiophene rings is 1. The van der Waals surface area contributed by atoms with Gasteiger partial charge in [0.1, 0.15) is 0 Å². The average Bonchev–Trinajstić information content (AvgIpc) is 3.43. The van der Waals surface area contributed by atoms with E-state index in [9.17, 15) is 9.59 Å². The van der Waals surface area contributed by atoms with Crippen molar-refractivity contribution >= 4 is 29.0 Å². The van der Waals surface area contributed by atoms with E-state index in [1.54, 1.807) is 0 Å². The Hall–Kier alpha value is -2.34.